The fourth-order valence-corrected chi connectivity index (χ4v) is 3.66. The normalized spacial score (nSPS) is 16.2. The molecule has 5 nitrogen and oxygen atoms in total. The second-order valence-corrected chi connectivity index (χ2v) is 7.10. The smallest absolute Gasteiger partial charge is 0.182 e. The van der Waals surface area contributed by atoms with Crippen LogP contribution >= 0.6 is 0 Å². The van der Waals surface area contributed by atoms with E-state index in [1.165, 1.54) is 0 Å². The van der Waals surface area contributed by atoms with Crippen molar-refractivity contribution in [3.63, 3.8) is 0 Å². The molecule has 0 amide bonds. The maximum absolute atomic E-state index is 10.3. The van der Waals surface area contributed by atoms with Crippen molar-refractivity contribution >= 4 is 22.0 Å². The first kappa shape index (κ1) is 18.5. The van der Waals surface area contributed by atoms with Crippen LogP contribution in [0.4, 0.5) is 0 Å². The summed E-state index contributed by atoms with van der Waals surface area (Å²) in [5.74, 6) is 0.744. The molecule has 1 unspecified atom stereocenters. The Hall–Kier alpha value is -3.54. The Labute approximate surface area is 174 Å². The lowest BCUT2D eigenvalue weighted by Crippen LogP contribution is -2.07. The number of hydrogen-bond acceptors (Lipinski definition) is 5. The van der Waals surface area contributed by atoms with Gasteiger partial charge in [-0.1, -0.05) is 36.4 Å². The highest BCUT2D eigenvalue weighted by atomic mass is 16.6. The molecule has 3 heterocycles. The quantitative estimate of drug-likeness (QED) is 0.539. The first-order valence-electron chi connectivity index (χ1n) is 9.79. The number of nitrogens with zero attached hydrogens (tertiary/aromatic N) is 2. The van der Waals surface area contributed by atoms with Gasteiger partial charge >= 0.3 is 0 Å². The van der Waals surface area contributed by atoms with E-state index in [0.717, 1.165) is 44.6 Å². The summed E-state index contributed by atoms with van der Waals surface area (Å²) in [7, 11) is 0. The molecule has 148 valence electrons. The maximum Gasteiger partial charge on any atom is 0.182 e. The molecule has 0 radical (unpaired) electrons. The number of rotatable bonds is 5. The van der Waals surface area contributed by atoms with Gasteiger partial charge in [0.05, 0.1) is 17.8 Å². The Bertz CT molecular complexity index is 1200. The highest BCUT2D eigenvalue weighted by Crippen LogP contribution is 2.35. The second kappa shape index (κ2) is 8.06. The zero-order valence-corrected chi connectivity index (χ0v) is 16.2. The van der Waals surface area contributed by atoms with E-state index in [9.17, 15) is 5.11 Å². The molecule has 1 aliphatic heterocycles. The van der Waals surface area contributed by atoms with Crippen LogP contribution in [0.3, 0.4) is 0 Å². The van der Waals surface area contributed by atoms with E-state index in [-0.39, 0.29) is 0 Å². The van der Waals surface area contributed by atoms with E-state index in [4.69, 9.17) is 9.47 Å². The molecule has 4 aromatic rings. The van der Waals surface area contributed by atoms with Gasteiger partial charge in [-0.25, -0.2) is 4.98 Å². The van der Waals surface area contributed by atoms with Crippen molar-refractivity contribution < 1.29 is 14.6 Å². The van der Waals surface area contributed by atoms with E-state index >= 15 is 0 Å². The Morgan fingerprint density at radius 3 is 2.53 bits per heavy atom. The van der Waals surface area contributed by atoms with Crippen LogP contribution in [0.15, 0.2) is 85.2 Å². The molecular formula is C25H20N2O3. The fourth-order valence-electron chi connectivity index (χ4n) is 3.66. The zero-order chi connectivity index (χ0) is 20.3. The predicted molar refractivity (Wildman–Crippen MR) is 116 cm³/mol. The monoisotopic (exact) mass is 396 g/mol. The molecule has 1 atom stereocenters. The van der Waals surface area contributed by atoms with Crippen molar-refractivity contribution in [2.75, 3.05) is 6.61 Å². The minimum Gasteiger partial charge on any atom is -0.487 e. The van der Waals surface area contributed by atoms with Crippen molar-refractivity contribution in [3.05, 3.63) is 102 Å². The van der Waals surface area contributed by atoms with Gasteiger partial charge in [-0.15, -0.1) is 0 Å². The van der Waals surface area contributed by atoms with Crippen molar-refractivity contribution in [2.45, 2.75) is 12.9 Å². The largest absolute Gasteiger partial charge is 0.487 e. The van der Waals surface area contributed by atoms with Crippen LogP contribution < -0.4 is 4.74 Å². The zero-order valence-electron chi connectivity index (χ0n) is 16.2. The summed E-state index contributed by atoms with van der Waals surface area (Å²) in [5.41, 5.74) is 5.49. The molecular weight excluding hydrogens is 376 g/mol. The van der Waals surface area contributed by atoms with Gasteiger partial charge in [0.25, 0.3) is 0 Å². The first-order chi connectivity index (χ1) is 14.8. The Balaban J connectivity index is 1.34. The molecule has 0 aliphatic carbocycles. The van der Waals surface area contributed by atoms with Crippen LogP contribution in [0.1, 0.15) is 16.8 Å². The third-order valence-electron chi connectivity index (χ3n) is 5.19. The number of pyridine rings is 2. The lowest BCUT2D eigenvalue weighted by molar-refractivity contribution is -0.0312. The van der Waals surface area contributed by atoms with Crippen LogP contribution in [0.5, 0.6) is 5.75 Å². The number of fused-ring (bicyclic) bond motifs is 1. The van der Waals surface area contributed by atoms with Crippen LogP contribution in [0, 0.1) is 0 Å². The average Bonchev–Trinajstić information content (AvgIpc) is 3.20. The van der Waals surface area contributed by atoms with E-state index in [1.54, 1.807) is 12.4 Å². The summed E-state index contributed by atoms with van der Waals surface area (Å²) in [6, 6.07) is 23.6. The van der Waals surface area contributed by atoms with Crippen LogP contribution in [-0.4, -0.2) is 28.0 Å². The minimum absolute atomic E-state index is 0.367. The molecule has 1 aliphatic rings. The van der Waals surface area contributed by atoms with Crippen LogP contribution in [0.25, 0.3) is 22.0 Å². The maximum atomic E-state index is 10.3. The topological polar surface area (TPSA) is 64.5 Å². The number of hydrogen-bond donors (Lipinski definition) is 1. The highest BCUT2D eigenvalue weighted by molar-refractivity contribution is 5.94. The second-order valence-electron chi connectivity index (χ2n) is 7.10. The van der Waals surface area contributed by atoms with Gasteiger partial charge in [0.15, 0.2) is 6.29 Å². The predicted octanol–water partition coefficient (Wildman–Crippen LogP) is 4.47. The van der Waals surface area contributed by atoms with E-state index in [2.05, 4.69) is 16.0 Å². The third kappa shape index (κ3) is 3.68. The summed E-state index contributed by atoms with van der Waals surface area (Å²) >= 11 is 0. The number of aliphatic hydroxyl groups is 1. The van der Waals surface area contributed by atoms with Crippen molar-refractivity contribution in [2.24, 2.45) is 0 Å². The molecule has 0 saturated carbocycles. The molecule has 0 saturated heterocycles. The summed E-state index contributed by atoms with van der Waals surface area (Å²) in [6.45, 7) is 0.757. The molecule has 2 aromatic carbocycles. The molecule has 0 bridgehead atoms. The van der Waals surface area contributed by atoms with Crippen molar-refractivity contribution in [1.82, 2.24) is 9.97 Å². The molecule has 30 heavy (non-hydrogen) atoms. The van der Waals surface area contributed by atoms with Crippen molar-refractivity contribution in [1.29, 1.82) is 0 Å². The van der Waals surface area contributed by atoms with Gasteiger partial charge in [-0.2, -0.15) is 0 Å². The van der Waals surface area contributed by atoms with Crippen molar-refractivity contribution in [3.8, 4) is 5.75 Å². The first-order valence-corrected chi connectivity index (χ1v) is 9.79. The Morgan fingerprint density at radius 1 is 0.900 bits per heavy atom. The average molecular weight is 396 g/mol. The Kier molecular flexibility index (Phi) is 4.97. The van der Waals surface area contributed by atoms with E-state index in [0.29, 0.717) is 13.2 Å². The van der Waals surface area contributed by atoms with Gasteiger partial charge in [0.1, 0.15) is 12.4 Å². The fraction of sp³-hybridized carbons (Fsp3) is 0.120. The molecule has 5 rings (SSSR count). The van der Waals surface area contributed by atoms with E-state index in [1.807, 2.05) is 66.7 Å². The number of ether oxygens (including phenoxy) is 2. The molecule has 5 heteroatoms. The standard InChI is InChI=1S/C25H20N2O3/c28-25-24(22(16-30-25)17-11-13-26-14-12-17)19-6-9-21(10-7-19)29-15-20-8-5-18-3-1-2-4-23(18)27-20/h1-14,25,28H,15-16H2. The molecule has 2 aromatic heterocycles. The van der Waals surface area contributed by atoms with Crippen LogP contribution in [0.2, 0.25) is 0 Å². The summed E-state index contributed by atoms with van der Waals surface area (Å²) < 4.78 is 11.4. The number of para-hydroxylation sites is 1. The molecule has 0 fully saturated rings. The number of aliphatic hydroxyl groups excluding tert-OH is 1. The van der Waals surface area contributed by atoms with Gasteiger partial charge in [0.2, 0.25) is 0 Å². The summed E-state index contributed by atoms with van der Waals surface area (Å²) in [4.78, 5) is 8.70. The van der Waals surface area contributed by atoms with Gasteiger partial charge in [-0.3, -0.25) is 4.98 Å². The molecule has 1 N–H and O–H groups in total. The number of benzene rings is 2. The lowest BCUT2D eigenvalue weighted by atomic mass is 9.97. The van der Waals surface area contributed by atoms with Crippen LogP contribution in [-0.2, 0) is 11.3 Å². The van der Waals surface area contributed by atoms with E-state index < -0.39 is 6.29 Å². The Morgan fingerprint density at radius 2 is 1.70 bits per heavy atom. The van der Waals surface area contributed by atoms with Gasteiger partial charge in [0, 0.05) is 23.4 Å². The molecule has 0 spiro atoms. The number of aromatic nitrogens is 2. The van der Waals surface area contributed by atoms with Gasteiger partial charge < -0.3 is 14.6 Å². The minimum atomic E-state index is -0.943. The van der Waals surface area contributed by atoms with Gasteiger partial charge in [-0.05, 0) is 53.1 Å². The SMILES string of the molecule is OC1OCC(c2ccncc2)=C1c1ccc(OCc2ccc3ccccc3n2)cc1. The highest BCUT2D eigenvalue weighted by Gasteiger charge is 2.26. The third-order valence-corrected chi connectivity index (χ3v) is 5.19. The summed E-state index contributed by atoms with van der Waals surface area (Å²) in [6.07, 6.45) is 2.53. The summed E-state index contributed by atoms with van der Waals surface area (Å²) in [5, 5.41) is 11.5. The lowest BCUT2D eigenvalue weighted by Gasteiger charge is -2.11.